The maximum atomic E-state index is 13.0. The summed E-state index contributed by atoms with van der Waals surface area (Å²) >= 11 is 3.16. The van der Waals surface area contributed by atoms with Gasteiger partial charge in [0.25, 0.3) is 0 Å². The van der Waals surface area contributed by atoms with E-state index in [-0.39, 0.29) is 22.9 Å². The van der Waals surface area contributed by atoms with E-state index in [9.17, 15) is 14.0 Å². The topological polar surface area (TPSA) is 58.2 Å². The predicted octanol–water partition coefficient (Wildman–Crippen LogP) is 3.19. The Kier molecular flexibility index (Phi) is 7.39. The first-order valence-corrected chi connectivity index (χ1v) is 11.2. The van der Waals surface area contributed by atoms with Crippen molar-refractivity contribution in [3.63, 3.8) is 0 Å². The molecule has 7 heteroatoms. The molecule has 2 amide bonds. The van der Waals surface area contributed by atoms with E-state index < -0.39 is 6.04 Å². The number of hydrogen-bond acceptors (Lipinski definition) is 4. The van der Waals surface area contributed by atoms with Crippen LogP contribution in [0.15, 0.2) is 53.4 Å². The van der Waals surface area contributed by atoms with Gasteiger partial charge in [0.1, 0.15) is 11.9 Å². The minimum atomic E-state index is -0.508. The van der Waals surface area contributed by atoms with Gasteiger partial charge in [-0.25, -0.2) is 4.39 Å². The first kappa shape index (κ1) is 20.7. The lowest BCUT2D eigenvalue weighted by atomic mass is 10.1. The Morgan fingerprint density at radius 1 is 1.21 bits per heavy atom. The number of benzene rings is 2. The van der Waals surface area contributed by atoms with Gasteiger partial charge in [-0.1, -0.05) is 29.8 Å². The lowest BCUT2D eigenvalue weighted by Gasteiger charge is -2.28. The quantitative estimate of drug-likeness (QED) is 0.536. The first-order chi connectivity index (χ1) is 13.5. The summed E-state index contributed by atoms with van der Waals surface area (Å²) in [4.78, 5) is 25.8. The van der Waals surface area contributed by atoms with E-state index >= 15 is 0 Å². The second-order valence-corrected chi connectivity index (χ2v) is 9.07. The Bertz CT molecular complexity index is 812. The number of halogens is 1. The van der Waals surface area contributed by atoms with Crippen molar-refractivity contribution in [1.29, 1.82) is 0 Å². The summed E-state index contributed by atoms with van der Waals surface area (Å²) in [6.45, 7) is 2.60. The fraction of sp³-hybridized carbons (Fsp3) is 0.333. The Morgan fingerprint density at radius 3 is 2.61 bits per heavy atom. The van der Waals surface area contributed by atoms with Crippen LogP contribution in [0, 0.1) is 12.7 Å². The second-order valence-electron chi connectivity index (χ2n) is 6.67. The van der Waals surface area contributed by atoms with Crippen LogP contribution in [0.1, 0.15) is 11.1 Å². The molecule has 0 radical (unpaired) electrons. The van der Waals surface area contributed by atoms with E-state index in [4.69, 9.17) is 0 Å². The van der Waals surface area contributed by atoms with Crippen LogP contribution >= 0.6 is 23.5 Å². The van der Waals surface area contributed by atoms with Crippen molar-refractivity contribution in [3.05, 3.63) is 65.5 Å². The summed E-state index contributed by atoms with van der Waals surface area (Å²) in [7, 11) is 0. The largest absolute Gasteiger partial charge is 0.353 e. The number of thioether (sulfide) groups is 2. The molecule has 0 bridgehead atoms. The molecule has 1 saturated heterocycles. The molecule has 2 aromatic rings. The van der Waals surface area contributed by atoms with Crippen LogP contribution in [0.5, 0.6) is 0 Å². The van der Waals surface area contributed by atoms with E-state index in [0.29, 0.717) is 18.7 Å². The molecule has 2 N–H and O–H groups in total. The SMILES string of the molecule is Cc1ccc(SCCNC(=O)[C@H]2CS[C@@H](Cc3ccc(F)cc3)C(=O)N2)cc1. The van der Waals surface area contributed by atoms with E-state index in [1.165, 1.54) is 34.4 Å². The zero-order valence-electron chi connectivity index (χ0n) is 15.6. The molecule has 1 aliphatic rings. The molecule has 0 aliphatic carbocycles. The molecule has 2 aromatic carbocycles. The summed E-state index contributed by atoms with van der Waals surface area (Å²) in [5.74, 6) is 0.728. The summed E-state index contributed by atoms with van der Waals surface area (Å²) in [5, 5.41) is 5.45. The molecule has 1 heterocycles. The predicted molar refractivity (Wildman–Crippen MR) is 113 cm³/mol. The fourth-order valence-electron chi connectivity index (χ4n) is 2.82. The third-order valence-corrected chi connectivity index (χ3v) is 6.74. The van der Waals surface area contributed by atoms with Crippen LogP contribution in [-0.4, -0.2) is 41.2 Å². The fourth-order valence-corrected chi connectivity index (χ4v) is 4.78. The van der Waals surface area contributed by atoms with Crippen LogP contribution in [-0.2, 0) is 16.0 Å². The van der Waals surface area contributed by atoms with Gasteiger partial charge in [-0.05, 0) is 43.2 Å². The van der Waals surface area contributed by atoms with Gasteiger partial charge in [0.05, 0.1) is 5.25 Å². The van der Waals surface area contributed by atoms with Crippen molar-refractivity contribution >= 4 is 35.3 Å². The lowest BCUT2D eigenvalue weighted by molar-refractivity contribution is -0.128. The Balaban J connectivity index is 1.39. The molecule has 0 spiro atoms. The van der Waals surface area contributed by atoms with Crippen molar-refractivity contribution < 1.29 is 14.0 Å². The molecular weight excluding hydrogens is 395 g/mol. The number of nitrogens with one attached hydrogen (secondary N) is 2. The molecule has 3 rings (SSSR count). The van der Waals surface area contributed by atoms with Crippen LogP contribution < -0.4 is 10.6 Å². The van der Waals surface area contributed by atoms with Crippen molar-refractivity contribution in [1.82, 2.24) is 10.6 Å². The van der Waals surface area contributed by atoms with E-state index in [1.807, 2.05) is 0 Å². The smallest absolute Gasteiger partial charge is 0.243 e. The summed E-state index contributed by atoms with van der Waals surface area (Å²) < 4.78 is 13.0. The normalized spacial score (nSPS) is 19.1. The van der Waals surface area contributed by atoms with E-state index in [1.54, 1.807) is 23.9 Å². The molecule has 0 saturated carbocycles. The number of carbonyl (C=O) groups is 2. The second kappa shape index (κ2) is 9.98. The van der Waals surface area contributed by atoms with Gasteiger partial charge in [0.2, 0.25) is 11.8 Å². The minimum absolute atomic E-state index is 0.144. The number of carbonyl (C=O) groups excluding carboxylic acids is 2. The van der Waals surface area contributed by atoms with Gasteiger partial charge in [-0.3, -0.25) is 9.59 Å². The molecule has 0 aromatic heterocycles. The number of aryl methyl sites for hydroxylation is 1. The number of rotatable bonds is 7. The van der Waals surface area contributed by atoms with Gasteiger partial charge < -0.3 is 10.6 Å². The highest BCUT2D eigenvalue weighted by molar-refractivity contribution is 8.00. The molecule has 2 atom stereocenters. The van der Waals surface area contributed by atoms with Crippen LogP contribution in [0.25, 0.3) is 0 Å². The van der Waals surface area contributed by atoms with Gasteiger partial charge in [0.15, 0.2) is 0 Å². The van der Waals surface area contributed by atoms with E-state index in [0.717, 1.165) is 11.3 Å². The van der Waals surface area contributed by atoms with Gasteiger partial charge in [-0.15, -0.1) is 23.5 Å². The van der Waals surface area contributed by atoms with Crippen molar-refractivity contribution in [3.8, 4) is 0 Å². The summed E-state index contributed by atoms with van der Waals surface area (Å²) in [6.07, 6.45) is 0.526. The molecule has 4 nitrogen and oxygen atoms in total. The zero-order chi connectivity index (χ0) is 19.9. The first-order valence-electron chi connectivity index (χ1n) is 9.15. The maximum Gasteiger partial charge on any atom is 0.243 e. The average Bonchev–Trinajstić information content (AvgIpc) is 2.69. The number of amides is 2. The standard InChI is InChI=1S/C21H23FN2O2S2/c1-14-2-8-17(9-3-14)27-11-10-23-20(25)18-13-28-19(21(26)24-18)12-15-4-6-16(22)7-5-15/h2-9,18-19H,10-13H2,1H3,(H,23,25)(H,24,26)/t18-,19+/m1/s1. The van der Waals surface area contributed by atoms with E-state index in [2.05, 4.69) is 41.8 Å². The third-order valence-electron chi connectivity index (χ3n) is 4.41. The van der Waals surface area contributed by atoms with Crippen LogP contribution in [0.2, 0.25) is 0 Å². The van der Waals surface area contributed by atoms with Crippen molar-refractivity contribution in [2.75, 3.05) is 18.1 Å². The molecule has 148 valence electrons. The van der Waals surface area contributed by atoms with Gasteiger partial charge in [0, 0.05) is 22.9 Å². The monoisotopic (exact) mass is 418 g/mol. The zero-order valence-corrected chi connectivity index (χ0v) is 17.2. The maximum absolute atomic E-state index is 13.0. The van der Waals surface area contributed by atoms with Gasteiger partial charge >= 0.3 is 0 Å². The summed E-state index contributed by atoms with van der Waals surface area (Å²) in [5.41, 5.74) is 2.13. The minimum Gasteiger partial charge on any atom is -0.353 e. The van der Waals surface area contributed by atoms with Crippen LogP contribution in [0.3, 0.4) is 0 Å². The average molecular weight is 419 g/mol. The molecule has 1 fully saturated rings. The highest BCUT2D eigenvalue weighted by Gasteiger charge is 2.32. The van der Waals surface area contributed by atoms with Crippen molar-refractivity contribution in [2.45, 2.75) is 29.5 Å². The Morgan fingerprint density at radius 2 is 1.93 bits per heavy atom. The third kappa shape index (κ3) is 6.01. The molecule has 28 heavy (non-hydrogen) atoms. The summed E-state index contributed by atoms with van der Waals surface area (Å²) in [6, 6.07) is 13.9. The van der Waals surface area contributed by atoms with Crippen molar-refractivity contribution in [2.24, 2.45) is 0 Å². The molecular formula is C21H23FN2O2S2. The molecule has 0 unspecified atom stereocenters. The Labute approximate surface area is 173 Å². The molecule has 1 aliphatic heterocycles. The highest BCUT2D eigenvalue weighted by Crippen LogP contribution is 2.22. The van der Waals surface area contributed by atoms with Crippen LogP contribution in [0.4, 0.5) is 4.39 Å². The van der Waals surface area contributed by atoms with Gasteiger partial charge in [-0.2, -0.15) is 0 Å². The number of hydrogen-bond donors (Lipinski definition) is 2. The Hall–Kier alpha value is -1.99. The lowest BCUT2D eigenvalue weighted by Crippen LogP contribution is -2.54. The highest BCUT2D eigenvalue weighted by atomic mass is 32.2.